The predicted octanol–water partition coefficient (Wildman–Crippen LogP) is 5.61. The zero-order chi connectivity index (χ0) is 45.7. The summed E-state index contributed by atoms with van der Waals surface area (Å²) in [5.41, 5.74) is 0.791. The van der Waals surface area contributed by atoms with Crippen molar-refractivity contribution in [3.63, 3.8) is 0 Å². The minimum Gasteiger partial charge on any atom is -0.469 e. The molecular formula is C38H38F8N14O4. The van der Waals surface area contributed by atoms with Gasteiger partial charge in [0, 0.05) is 37.9 Å². The van der Waals surface area contributed by atoms with Crippen LogP contribution in [0, 0.1) is 11.6 Å². The molecule has 0 bridgehead atoms. The van der Waals surface area contributed by atoms with Gasteiger partial charge in [0.1, 0.15) is 59.7 Å². The van der Waals surface area contributed by atoms with Crippen LogP contribution in [0.15, 0.2) is 62.5 Å². The largest absolute Gasteiger partial charge is 0.469 e. The molecule has 2 fully saturated rings. The fourth-order valence-electron chi connectivity index (χ4n) is 6.75. The van der Waals surface area contributed by atoms with E-state index in [1.165, 1.54) is 34.6 Å². The van der Waals surface area contributed by atoms with E-state index in [9.17, 15) is 44.7 Å². The standard InChI is InChI=1S/2C19H19F4N7O2/c2*1-2-15(31)29-4-3-11(20)13(8-29)32-18-16-12(21)6-24-17(16)27-19(28-18)26-10-5-25-30(7-10)9-14(22)23/h2*2,5-7,11,13-14H,1,3-4,8-9H2,(H2,24,26,27,28)/t2*11-,13+/m10/s1. The van der Waals surface area contributed by atoms with Crippen molar-refractivity contribution < 1.29 is 54.2 Å². The van der Waals surface area contributed by atoms with Crippen LogP contribution in [0.1, 0.15) is 12.8 Å². The Kier molecular flexibility index (Phi) is 13.6. The number of fused-ring (bicyclic) bond motifs is 2. The molecule has 2 aliphatic rings. The van der Waals surface area contributed by atoms with E-state index in [1.807, 2.05) is 0 Å². The second-order valence-electron chi connectivity index (χ2n) is 14.3. The molecule has 0 unspecified atom stereocenters. The van der Waals surface area contributed by atoms with Crippen LogP contribution in [0.3, 0.4) is 0 Å². The minimum absolute atomic E-state index is 0.0442. The number of amides is 2. The minimum atomic E-state index is -2.58. The van der Waals surface area contributed by atoms with Gasteiger partial charge in [0.15, 0.2) is 11.6 Å². The normalized spacial score (nSPS) is 18.8. The molecule has 340 valence electrons. The Morgan fingerprint density at radius 3 is 1.50 bits per heavy atom. The molecule has 8 rings (SSSR count). The van der Waals surface area contributed by atoms with E-state index in [2.05, 4.69) is 63.9 Å². The van der Waals surface area contributed by atoms with Crippen LogP contribution in [0.5, 0.6) is 11.8 Å². The van der Waals surface area contributed by atoms with Gasteiger partial charge in [-0.3, -0.25) is 19.0 Å². The number of piperidine rings is 2. The average molecular weight is 907 g/mol. The van der Waals surface area contributed by atoms with Gasteiger partial charge in [-0.15, -0.1) is 0 Å². The zero-order valence-corrected chi connectivity index (χ0v) is 33.3. The van der Waals surface area contributed by atoms with Crippen molar-refractivity contribution in [3.05, 3.63) is 74.1 Å². The van der Waals surface area contributed by atoms with Gasteiger partial charge in [-0.05, 0) is 25.0 Å². The summed E-state index contributed by atoms with van der Waals surface area (Å²) in [6, 6.07) is 0. The van der Waals surface area contributed by atoms with Crippen LogP contribution < -0.4 is 20.1 Å². The highest BCUT2D eigenvalue weighted by atomic mass is 19.3. The van der Waals surface area contributed by atoms with Gasteiger partial charge in [0.25, 0.3) is 12.9 Å². The van der Waals surface area contributed by atoms with Gasteiger partial charge in [-0.2, -0.15) is 30.1 Å². The Morgan fingerprint density at radius 1 is 0.719 bits per heavy atom. The number of aromatic amines is 2. The maximum absolute atomic E-state index is 14.5. The SMILES string of the molecule is C=CC(=O)N1CC[C@@H](F)[C@@H](Oc2nc(Nc3cnn(CC(F)F)c3)nc3[nH]cc(F)c23)C1.C=CC(=O)N1CC[C@H](F)[C@H](Oc2nc(Nc3cnn(CC(F)F)c3)nc3[nH]cc(F)c23)C1. The van der Waals surface area contributed by atoms with E-state index in [0.717, 1.165) is 33.9 Å². The number of alkyl halides is 6. The van der Waals surface area contributed by atoms with E-state index in [1.54, 1.807) is 0 Å². The lowest BCUT2D eigenvalue weighted by atomic mass is 10.1. The molecule has 6 aromatic rings. The molecule has 26 heteroatoms. The second kappa shape index (κ2) is 19.4. The van der Waals surface area contributed by atoms with E-state index in [-0.39, 0.29) is 96.6 Å². The first-order valence-electron chi connectivity index (χ1n) is 19.4. The number of likely N-dealkylation sites (tertiary alicyclic amines) is 2. The monoisotopic (exact) mass is 906 g/mol. The summed E-state index contributed by atoms with van der Waals surface area (Å²) in [6.45, 7) is 5.96. The van der Waals surface area contributed by atoms with Crippen molar-refractivity contribution in [3.8, 4) is 11.8 Å². The predicted molar refractivity (Wildman–Crippen MR) is 212 cm³/mol. The fraction of sp³-hybridized carbons (Fsp3) is 0.368. The smallest absolute Gasteiger partial charge is 0.257 e. The van der Waals surface area contributed by atoms with Crippen LogP contribution in [0.25, 0.3) is 22.1 Å². The highest BCUT2D eigenvalue weighted by Crippen LogP contribution is 2.32. The Balaban J connectivity index is 0.000000191. The molecule has 6 aromatic heterocycles. The highest BCUT2D eigenvalue weighted by Gasteiger charge is 2.35. The molecular weight excluding hydrogens is 868 g/mol. The van der Waals surface area contributed by atoms with E-state index in [0.29, 0.717) is 11.4 Å². The molecule has 0 saturated carbocycles. The average Bonchev–Trinajstić information content (AvgIpc) is 4.07. The van der Waals surface area contributed by atoms with Gasteiger partial charge in [0.05, 0.1) is 36.9 Å². The fourth-order valence-corrected chi connectivity index (χ4v) is 6.75. The third-order valence-electron chi connectivity index (χ3n) is 9.79. The first-order chi connectivity index (χ1) is 30.7. The summed E-state index contributed by atoms with van der Waals surface area (Å²) >= 11 is 0. The first-order valence-corrected chi connectivity index (χ1v) is 19.4. The van der Waals surface area contributed by atoms with Crippen LogP contribution in [-0.4, -0.2) is 135 Å². The quantitative estimate of drug-likeness (QED) is 0.0779. The third kappa shape index (κ3) is 10.5. The van der Waals surface area contributed by atoms with Crippen molar-refractivity contribution in [1.29, 1.82) is 0 Å². The molecule has 4 N–H and O–H groups in total. The summed E-state index contributed by atoms with van der Waals surface area (Å²) in [7, 11) is 0. The zero-order valence-electron chi connectivity index (χ0n) is 33.3. The van der Waals surface area contributed by atoms with Crippen LogP contribution in [0.2, 0.25) is 0 Å². The Labute approximate surface area is 356 Å². The summed E-state index contributed by atoms with van der Waals surface area (Å²) in [6.07, 6.45) is -0.430. The number of aromatic nitrogens is 10. The second-order valence-corrected chi connectivity index (χ2v) is 14.3. The van der Waals surface area contributed by atoms with E-state index in [4.69, 9.17) is 9.47 Å². The molecule has 8 heterocycles. The molecule has 0 aliphatic carbocycles. The lowest BCUT2D eigenvalue weighted by Gasteiger charge is -2.34. The maximum atomic E-state index is 14.5. The molecule has 0 radical (unpaired) electrons. The number of hydrogen-bond acceptors (Lipinski definition) is 12. The lowest BCUT2D eigenvalue weighted by molar-refractivity contribution is -0.130. The Morgan fingerprint density at radius 2 is 1.12 bits per heavy atom. The summed E-state index contributed by atoms with van der Waals surface area (Å²) in [4.78, 5) is 48.4. The number of carbonyl (C=O) groups is 2. The number of anilines is 4. The molecule has 0 aromatic carbocycles. The van der Waals surface area contributed by atoms with Gasteiger partial charge in [-0.1, -0.05) is 13.2 Å². The number of H-pyrrole nitrogens is 2. The number of hydrogen-bond donors (Lipinski definition) is 4. The van der Waals surface area contributed by atoms with E-state index < -0.39 is 62.1 Å². The van der Waals surface area contributed by atoms with Crippen molar-refractivity contribution in [1.82, 2.24) is 59.3 Å². The van der Waals surface area contributed by atoms with Gasteiger partial charge in [-0.25, -0.2) is 35.1 Å². The van der Waals surface area contributed by atoms with Gasteiger partial charge >= 0.3 is 0 Å². The number of ether oxygens (including phenoxy) is 2. The molecule has 18 nitrogen and oxygen atoms in total. The molecule has 2 amide bonds. The number of nitrogens with zero attached hydrogens (tertiary/aromatic N) is 10. The topological polar surface area (TPSA) is 202 Å². The van der Waals surface area contributed by atoms with Crippen LogP contribution >= 0.6 is 0 Å². The number of halogens is 8. The van der Waals surface area contributed by atoms with E-state index >= 15 is 0 Å². The van der Waals surface area contributed by atoms with Crippen molar-refractivity contribution in [2.75, 3.05) is 36.8 Å². The number of rotatable bonds is 14. The first kappa shape index (κ1) is 44.8. The number of carbonyl (C=O) groups excluding carboxylic acids is 2. The summed E-state index contributed by atoms with van der Waals surface area (Å²) in [5.74, 6) is -2.67. The summed E-state index contributed by atoms with van der Waals surface area (Å²) < 4.78 is 121. The van der Waals surface area contributed by atoms with Crippen molar-refractivity contribution in [2.24, 2.45) is 0 Å². The molecule has 2 aliphatic heterocycles. The lowest BCUT2D eigenvalue weighted by Crippen LogP contribution is -2.49. The van der Waals surface area contributed by atoms with Gasteiger partial charge in [0.2, 0.25) is 35.5 Å². The Bertz CT molecular complexity index is 2440. The Hall–Kier alpha value is -7.28. The number of nitrogens with one attached hydrogen (secondary N) is 4. The third-order valence-corrected chi connectivity index (χ3v) is 9.79. The molecule has 2 saturated heterocycles. The van der Waals surface area contributed by atoms with Crippen molar-refractivity contribution >= 4 is 57.2 Å². The van der Waals surface area contributed by atoms with Crippen LogP contribution in [-0.2, 0) is 22.7 Å². The molecule has 0 spiro atoms. The highest BCUT2D eigenvalue weighted by molar-refractivity contribution is 5.88. The molecule has 4 atom stereocenters. The maximum Gasteiger partial charge on any atom is 0.257 e. The van der Waals surface area contributed by atoms with Crippen LogP contribution in [0.4, 0.5) is 58.4 Å². The van der Waals surface area contributed by atoms with Crippen molar-refractivity contribution in [2.45, 2.75) is 63.3 Å². The summed E-state index contributed by atoms with van der Waals surface area (Å²) in [5, 5.41) is 13.0. The molecule has 64 heavy (non-hydrogen) atoms. The van der Waals surface area contributed by atoms with Gasteiger partial charge < -0.3 is 39.9 Å².